The first kappa shape index (κ1) is 13.5. The molecule has 1 N–H and O–H groups in total. The van der Waals surface area contributed by atoms with Crippen LogP contribution in [0.25, 0.3) is 0 Å². The fourth-order valence-corrected chi connectivity index (χ4v) is 1.88. The predicted octanol–water partition coefficient (Wildman–Crippen LogP) is 2.76. The highest BCUT2D eigenvalue weighted by Gasteiger charge is 2.04. The number of hydrogen-bond donors (Lipinski definition) is 1. The normalized spacial score (nSPS) is 10.2. The summed E-state index contributed by atoms with van der Waals surface area (Å²) in [7, 11) is 1.57. The Labute approximate surface area is 108 Å². The number of hydrogen-bond acceptors (Lipinski definition) is 2. The first-order chi connectivity index (χ1) is 7.63. The number of amides is 1. The first-order valence-corrected chi connectivity index (χ1v) is 6.00. The van der Waals surface area contributed by atoms with Crippen molar-refractivity contribution < 1.29 is 9.53 Å². The molecule has 1 amide bonds. The van der Waals surface area contributed by atoms with E-state index in [0.717, 1.165) is 10.0 Å². The summed E-state index contributed by atoms with van der Waals surface area (Å²) < 4.78 is 5.73. The molecule has 0 saturated heterocycles. The van der Waals surface area contributed by atoms with Crippen molar-refractivity contribution in [2.24, 2.45) is 0 Å². The molecule has 0 fully saturated rings. The van der Waals surface area contributed by atoms with Crippen molar-refractivity contribution in [2.75, 3.05) is 13.7 Å². The van der Waals surface area contributed by atoms with Gasteiger partial charge in [-0.3, -0.25) is 4.79 Å². The molecule has 88 valence electrons. The molecule has 1 rings (SSSR count). The van der Waals surface area contributed by atoms with Crippen molar-refractivity contribution in [1.29, 1.82) is 0 Å². The quantitative estimate of drug-likeness (QED) is 0.908. The largest absolute Gasteiger partial charge is 0.384 e. The molecule has 0 aliphatic carbocycles. The molecule has 0 bridgehead atoms. The molecular weight excluding hydrogens is 293 g/mol. The van der Waals surface area contributed by atoms with Gasteiger partial charge >= 0.3 is 0 Å². The minimum atomic E-state index is -0.0409. The summed E-state index contributed by atoms with van der Waals surface area (Å²) in [4.78, 5) is 11.3. The van der Waals surface area contributed by atoms with Crippen molar-refractivity contribution in [1.82, 2.24) is 5.32 Å². The van der Waals surface area contributed by atoms with Crippen molar-refractivity contribution >= 4 is 33.4 Å². The van der Waals surface area contributed by atoms with Crippen molar-refractivity contribution in [3.05, 3.63) is 33.3 Å². The molecule has 1 aromatic carbocycles. The SMILES string of the molecule is COCCC(=O)NCc1ccc(Br)cc1Cl. The lowest BCUT2D eigenvalue weighted by Gasteiger charge is -2.07. The molecule has 0 atom stereocenters. The van der Waals surface area contributed by atoms with Crippen LogP contribution in [0.5, 0.6) is 0 Å². The van der Waals surface area contributed by atoms with Crippen LogP contribution in [0.3, 0.4) is 0 Å². The fourth-order valence-electron chi connectivity index (χ4n) is 1.14. The summed E-state index contributed by atoms with van der Waals surface area (Å²) in [6.07, 6.45) is 0.366. The lowest BCUT2D eigenvalue weighted by Crippen LogP contribution is -2.23. The molecule has 0 radical (unpaired) electrons. The van der Waals surface area contributed by atoms with E-state index in [4.69, 9.17) is 16.3 Å². The third-order valence-electron chi connectivity index (χ3n) is 2.02. The minimum Gasteiger partial charge on any atom is -0.384 e. The Kier molecular flexibility index (Phi) is 5.80. The molecule has 0 aromatic heterocycles. The van der Waals surface area contributed by atoms with Gasteiger partial charge in [0, 0.05) is 29.6 Å². The Morgan fingerprint density at radius 3 is 2.94 bits per heavy atom. The maximum Gasteiger partial charge on any atom is 0.222 e. The number of benzene rings is 1. The zero-order chi connectivity index (χ0) is 12.0. The van der Waals surface area contributed by atoms with Gasteiger partial charge in [0.2, 0.25) is 5.91 Å². The molecule has 3 nitrogen and oxygen atoms in total. The molecule has 5 heteroatoms. The Balaban J connectivity index is 2.45. The van der Waals surface area contributed by atoms with Crippen LogP contribution in [0.1, 0.15) is 12.0 Å². The van der Waals surface area contributed by atoms with Crippen LogP contribution < -0.4 is 5.32 Å². The monoisotopic (exact) mass is 305 g/mol. The lowest BCUT2D eigenvalue weighted by molar-refractivity contribution is -0.122. The topological polar surface area (TPSA) is 38.3 Å². The molecule has 0 aliphatic rings. The van der Waals surface area contributed by atoms with Gasteiger partial charge < -0.3 is 10.1 Å². The summed E-state index contributed by atoms with van der Waals surface area (Å²) in [5.41, 5.74) is 0.899. The van der Waals surface area contributed by atoms with E-state index in [2.05, 4.69) is 21.2 Å². The number of carbonyl (C=O) groups excluding carboxylic acids is 1. The van der Waals surface area contributed by atoms with Crippen LogP contribution in [0.2, 0.25) is 5.02 Å². The molecule has 16 heavy (non-hydrogen) atoms. The highest BCUT2D eigenvalue weighted by Crippen LogP contribution is 2.21. The zero-order valence-corrected chi connectivity index (χ0v) is 11.3. The van der Waals surface area contributed by atoms with Crippen molar-refractivity contribution in [3.8, 4) is 0 Å². The molecule has 0 aliphatic heterocycles. The van der Waals surface area contributed by atoms with E-state index in [1.54, 1.807) is 13.2 Å². The average molecular weight is 307 g/mol. The summed E-state index contributed by atoms with van der Waals surface area (Å²) in [6, 6.07) is 5.57. The maximum absolute atomic E-state index is 11.3. The van der Waals surface area contributed by atoms with Crippen LogP contribution >= 0.6 is 27.5 Å². The van der Waals surface area contributed by atoms with E-state index in [1.807, 2.05) is 12.1 Å². The average Bonchev–Trinajstić information content (AvgIpc) is 2.25. The van der Waals surface area contributed by atoms with Gasteiger partial charge in [-0.25, -0.2) is 0 Å². The van der Waals surface area contributed by atoms with E-state index < -0.39 is 0 Å². The summed E-state index contributed by atoms with van der Waals surface area (Å²) in [5, 5.41) is 3.42. The Hall–Kier alpha value is -0.580. The number of methoxy groups -OCH3 is 1. The summed E-state index contributed by atoms with van der Waals surface area (Å²) in [5.74, 6) is -0.0409. The molecule has 0 heterocycles. The van der Waals surface area contributed by atoms with Crippen LogP contribution in [0.4, 0.5) is 0 Å². The summed E-state index contributed by atoms with van der Waals surface area (Å²) in [6.45, 7) is 0.870. The van der Waals surface area contributed by atoms with Crippen LogP contribution in [-0.2, 0) is 16.1 Å². The van der Waals surface area contributed by atoms with Crippen LogP contribution in [-0.4, -0.2) is 19.6 Å². The fraction of sp³-hybridized carbons (Fsp3) is 0.364. The highest BCUT2D eigenvalue weighted by molar-refractivity contribution is 9.10. The Bertz CT molecular complexity index is 371. The van der Waals surface area contributed by atoms with E-state index in [0.29, 0.717) is 24.6 Å². The third kappa shape index (κ3) is 4.51. The van der Waals surface area contributed by atoms with Gasteiger partial charge in [-0.05, 0) is 17.7 Å². The number of ether oxygens (including phenoxy) is 1. The van der Waals surface area contributed by atoms with Gasteiger partial charge in [0.1, 0.15) is 0 Å². The van der Waals surface area contributed by atoms with Gasteiger partial charge in [-0.15, -0.1) is 0 Å². The van der Waals surface area contributed by atoms with E-state index in [-0.39, 0.29) is 5.91 Å². The first-order valence-electron chi connectivity index (χ1n) is 4.83. The van der Waals surface area contributed by atoms with Crippen molar-refractivity contribution in [3.63, 3.8) is 0 Å². The van der Waals surface area contributed by atoms with Gasteiger partial charge in [0.15, 0.2) is 0 Å². The van der Waals surface area contributed by atoms with Gasteiger partial charge in [0.25, 0.3) is 0 Å². The number of nitrogens with one attached hydrogen (secondary N) is 1. The minimum absolute atomic E-state index is 0.0409. The zero-order valence-electron chi connectivity index (χ0n) is 8.93. The highest BCUT2D eigenvalue weighted by atomic mass is 79.9. The number of rotatable bonds is 5. The molecule has 0 saturated carbocycles. The van der Waals surface area contributed by atoms with Gasteiger partial charge in [-0.1, -0.05) is 33.6 Å². The van der Waals surface area contributed by atoms with Gasteiger partial charge in [0.05, 0.1) is 6.61 Å². The molecular formula is C11H13BrClNO2. The second-order valence-electron chi connectivity index (χ2n) is 3.26. The van der Waals surface area contributed by atoms with Crippen molar-refractivity contribution in [2.45, 2.75) is 13.0 Å². The number of carbonyl (C=O) groups is 1. The smallest absolute Gasteiger partial charge is 0.222 e. The number of halogens is 2. The molecule has 1 aromatic rings. The van der Waals surface area contributed by atoms with Crippen LogP contribution in [0, 0.1) is 0 Å². The van der Waals surface area contributed by atoms with E-state index >= 15 is 0 Å². The Morgan fingerprint density at radius 2 is 2.31 bits per heavy atom. The summed E-state index contributed by atoms with van der Waals surface area (Å²) >= 11 is 9.33. The maximum atomic E-state index is 11.3. The standard InChI is InChI=1S/C11H13BrClNO2/c1-16-5-4-11(15)14-7-8-2-3-9(12)6-10(8)13/h2-3,6H,4-5,7H2,1H3,(H,14,15). The molecule has 0 unspecified atom stereocenters. The van der Waals surface area contributed by atoms with E-state index in [1.165, 1.54) is 0 Å². The lowest BCUT2D eigenvalue weighted by atomic mass is 10.2. The van der Waals surface area contributed by atoms with E-state index in [9.17, 15) is 4.79 Å². The molecule has 0 spiro atoms. The van der Waals surface area contributed by atoms with Gasteiger partial charge in [-0.2, -0.15) is 0 Å². The van der Waals surface area contributed by atoms with Crippen LogP contribution in [0.15, 0.2) is 22.7 Å². The Morgan fingerprint density at radius 1 is 1.56 bits per heavy atom. The second-order valence-corrected chi connectivity index (χ2v) is 4.58. The third-order valence-corrected chi connectivity index (χ3v) is 2.87. The second kappa shape index (κ2) is 6.89. The predicted molar refractivity (Wildman–Crippen MR) is 67.5 cm³/mol.